The highest BCUT2D eigenvalue weighted by molar-refractivity contribution is 5.77. The first-order chi connectivity index (χ1) is 11.7. The number of hydrogen-bond donors (Lipinski definition) is 0. The van der Waals surface area contributed by atoms with Crippen LogP contribution in [0.2, 0.25) is 0 Å². The van der Waals surface area contributed by atoms with Gasteiger partial charge in [0.1, 0.15) is 11.6 Å². The molecule has 2 aromatic rings. The van der Waals surface area contributed by atoms with Gasteiger partial charge >= 0.3 is 0 Å². The molecule has 126 valence electrons. The first kappa shape index (κ1) is 16.4. The van der Waals surface area contributed by atoms with Crippen LogP contribution in [-0.4, -0.2) is 53.5 Å². The number of ether oxygens (including phenoxy) is 1. The molecular weight excluding hydrogens is 309 g/mol. The van der Waals surface area contributed by atoms with Crippen molar-refractivity contribution in [1.82, 2.24) is 14.8 Å². The second kappa shape index (κ2) is 7.88. The molecule has 0 unspecified atom stereocenters. The smallest absolute Gasteiger partial charge is 0.260 e. The van der Waals surface area contributed by atoms with Gasteiger partial charge in [-0.2, -0.15) is 0 Å². The van der Waals surface area contributed by atoms with Crippen LogP contribution in [0, 0.1) is 5.82 Å². The van der Waals surface area contributed by atoms with Crippen molar-refractivity contribution in [3.63, 3.8) is 0 Å². The first-order valence-corrected chi connectivity index (χ1v) is 7.98. The van der Waals surface area contributed by atoms with Gasteiger partial charge < -0.3 is 9.64 Å². The van der Waals surface area contributed by atoms with E-state index in [1.54, 1.807) is 41.6 Å². The number of hydrogen-bond acceptors (Lipinski definition) is 4. The maximum atomic E-state index is 13.2. The van der Waals surface area contributed by atoms with E-state index in [1.807, 2.05) is 6.07 Å². The maximum absolute atomic E-state index is 13.2. The number of halogens is 1. The zero-order chi connectivity index (χ0) is 16.8. The largest absolute Gasteiger partial charge is 0.482 e. The Morgan fingerprint density at radius 3 is 2.71 bits per heavy atom. The van der Waals surface area contributed by atoms with Gasteiger partial charge in [-0.3, -0.25) is 14.7 Å². The van der Waals surface area contributed by atoms with Crippen LogP contribution in [0.4, 0.5) is 4.39 Å². The van der Waals surface area contributed by atoms with Gasteiger partial charge in [0.15, 0.2) is 6.61 Å². The molecule has 6 heteroatoms. The molecule has 1 aliphatic heterocycles. The molecular formula is C18H20FN3O2. The maximum Gasteiger partial charge on any atom is 0.260 e. The third kappa shape index (κ3) is 4.52. The van der Waals surface area contributed by atoms with Crippen LogP contribution in [0.15, 0.2) is 48.8 Å². The van der Waals surface area contributed by atoms with E-state index in [4.69, 9.17) is 4.74 Å². The van der Waals surface area contributed by atoms with Crippen molar-refractivity contribution in [1.29, 1.82) is 0 Å². The molecule has 1 fully saturated rings. The number of piperazine rings is 1. The summed E-state index contributed by atoms with van der Waals surface area (Å²) in [7, 11) is 0. The quantitative estimate of drug-likeness (QED) is 0.841. The number of carbonyl (C=O) groups is 1. The fraction of sp³-hybridized carbons (Fsp3) is 0.333. The average molecular weight is 329 g/mol. The molecule has 0 aliphatic carbocycles. The summed E-state index contributed by atoms with van der Waals surface area (Å²) in [4.78, 5) is 20.2. The highest BCUT2D eigenvalue weighted by Gasteiger charge is 2.21. The van der Waals surface area contributed by atoms with Gasteiger partial charge in [-0.05, 0) is 29.8 Å². The lowest BCUT2D eigenvalue weighted by Crippen LogP contribution is -2.49. The summed E-state index contributed by atoms with van der Waals surface area (Å²) in [5, 5.41) is 0. The number of amides is 1. The average Bonchev–Trinajstić information content (AvgIpc) is 2.61. The summed E-state index contributed by atoms with van der Waals surface area (Å²) < 4.78 is 18.7. The normalized spacial score (nSPS) is 15.3. The molecule has 0 atom stereocenters. The van der Waals surface area contributed by atoms with Gasteiger partial charge in [0, 0.05) is 38.9 Å². The molecule has 1 aliphatic rings. The lowest BCUT2D eigenvalue weighted by Gasteiger charge is -2.34. The summed E-state index contributed by atoms with van der Waals surface area (Å²) in [6, 6.07) is 10.2. The molecule has 24 heavy (non-hydrogen) atoms. The third-order valence-electron chi connectivity index (χ3n) is 4.02. The zero-order valence-corrected chi connectivity index (χ0v) is 13.4. The second-order valence-corrected chi connectivity index (χ2v) is 5.76. The number of aromatic nitrogens is 1. The zero-order valence-electron chi connectivity index (χ0n) is 13.4. The Morgan fingerprint density at radius 1 is 1.17 bits per heavy atom. The van der Waals surface area contributed by atoms with E-state index in [-0.39, 0.29) is 18.3 Å². The number of benzene rings is 1. The number of rotatable bonds is 5. The van der Waals surface area contributed by atoms with Gasteiger partial charge in [-0.1, -0.05) is 12.1 Å². The van der Waals surface area contributed by atoms with E-state index in [0.29, 0.717) is 25.4 Å². The van der Waals surface area contributed by atoms with Crippen molar-refractivity contribution in [3.05, 3.63) is 60.2 Å². The Labute approximate surface area is 140 Å². The third-order valence-corrected chi connectivity index (χ3v) is 4.02. The Morgan fingerprint density at radius 2 is 2.00 bits per heavy atom. The molecule has 0 bridgehead atoms. The topological polar surface area (TPSA) is 45.7 Å². The van der Waals surface area contributed by atoms with Crippen LogP contribution in [0.5, 0.6) is 5.75 Å². The van der Waals surface area contributed by atoms with Gasteiger partial charge in [0.05, 0.1) is 6.20 Å². The first-order valence-electron chi connectivity index (χ1n) is 7.98. The number of pyridine rings is 1. The lowest BCUT2D eigenvalue weighted by atomic mass is 10.2. The Kier molecular flexibility index (Phi) is 5.38. The summed E-state index contributed by atoms with van der Waals surface area (Å²) in [6.07, 6.45) is 3.25. The fourth-order valence-electron chi connectivity index (χ4n) is 2.72. The monoisotopic (exact) mass is 329 g/mol. The Hall–Kier alpha value is -2.47. The van der Waals surface area contributed by atoms with Crippen LogP contribution >= 0.6 is 0 Å². The van der Waals surface area contributed by atoms with Crippen LogP contribution in [-0.2, 0) is 11.3 Å². The van der Waals surface area contributed by atoms with Gasteiger partial charge in [0.2, 0.25) is 0 Å². The lowest BCUT2D eigenvalue weighted by molar-refractivity contribution is -0.135. The highest BCUT2D eigenvalue weighted by Crippen LogP contribution is 2.11. The molecule has 0 spiro atoms. The van der Waals surface area contributed by atoms with Gasteiger partial charge in [-0.25, -0.2) is 4.39 Å². The Bertz CT molecular complexity index is 673. The van der Waals surface area contributed by atoms with Crippen LogP contribution < -0.4 is 4.74 Å². The number of carbonyl (C=O) groups excluding carboxylic acids is 1. The summed E-state index contributed by atoms with van der Waals surface area (Å²) in [5.74, 6) is 0.355. The van der Waals surface area contributed by atoms with E-state index in [9.17, 15) is 9.18 Å². The second-order valence-electron chi connectivity index (χ2n) is 5.76. The summed E-state index contributed by atoms with van der Waals surface area (Å²) in [5.41, 5.74) is 0.953. The molecule has 1 amide bonds. The van der Waals surface area contributed by atoms with Crippen molar-refractivity contribution in [2.24, 2.45) is 0 Å². The van der Waals surface area contributed by atoms with Crippen molar-refractivity contribution in [2.75, 3.05) is 32.8 Å². The van der Waals surface area contributed by atoms with Crippen LogP contribution in [0.3, 0.4) is 0 Å². The predicted octanol–water partition coefficient (Wildman–Crippen LogP) is 1.94. The van der Waals surface area contributed by atoms with E-state index < -0.39 is 0 Å². The molecule has 1 aromatic carbocycles. The van der Waals surface area contributed by atoms with Crippen LogP contribution in [0.1, 0.15) is 5.56 Å². The molecule has 0 N–H and O–H groups in total. The standard InChI is InChI=1S/C18H20FN3O2/c19-16-4-1-3-15(11-16)13-21-7-9-22(10-8-21)18(23)14-24-17-5-2-6-20-12-17/h1-6,11-12H,7-10,13-14H2. The molecule has 0 saturated carbocycles. The number of nitrogens with zero attached hydrogens (tertiary/aromatic N) is 3. The van der Waals surface area contributed by atoms with Crippen molar-refractivity contribution >= 4 is 5.91 Å². The fourth-order valence-corrected chi connectivity index (χ4v) is 2.72. The van der Waals surface area contributed by atoms with Crippen LogP contribution in [0.25, 0.3) is 0 Å². The van der Waals surface area contributed by atoms with E-state index >= 15 is 0 Å². The molecule has 2 heterocycles. The van der Waals surface area contributed by atoms with Crippen molar-refractivity contribution < 1.29 is 13.9 Å². The van der Waals surface area contributed by atoms with E-state index in [2.05, 4.69) is 9.88 Å². The molecule has 0 radical (unpaired) electrons. The van der Waals surface area contributed by atoms with Gasteiger partial charge in [-0.15, -0.1) is 0 Å². The Balaban J connectivity index is 1.43. The SMILES string of the molecule is O=C(COc1cccnc1)N1CCN(Cc2cccc(F)c2)CC1. The molecule has 1 aromatic heterocycles. The van der Waals surface area contributed by atoms with Crippen molar-refractivity contribution in [2.45, 2.75) is 6.54 Å². The molecule has 1 saturated heterocycles. The minimum Gasteiger partial charge on any atom is -0.482 e. The minimum absolute atomic E-state index is 0.0234. The van der Waals surface area contributed by atoms with E-state index in [0.717, 1.165) is 18.7 Å². The highest BCUT2D eigenvalue weighted by atomic mass is 19.1. The minimum atomic E-state index is -0.214. The molecule has 5 nitrogen and oxygen atoms in total. The van der Waals surface area contributed by atoms with Crippen molar-refractivity contribution in [3.8, 4) is 5.75 Å². The summed E-state index contributed by atoms with van der Waals surface area (Å²) in [6.45, 7) is 3.58. The van der Waals surface area contributed by atoms with E-state index in [1.165, 1.54) is 6.07 Å². The molecule has 3 rings (SSSR count). The van der Waals surface area contributed by atoms with Gasteiger partial charge in [0.25, 0.3) is 5.91 Å². The predicted molar refractivity (Wildman–Crippen MR) is 88.0 cm³/mol. The summed E-state index contributed by atoms with van der Waals surface area (Å²) >= 11 is 0.